The lowest BCUT2D eigenvalue weighted by molar-refractivity contribution is -0.167. The second kappa shape index (κ2) is 11.7. The monoisotopic (exact) mass is 588 g/mol. The van der Waals surface area contributed by atoms with Crippen LogP contribution in [0.1, 0.15) is 55.9 Å². The van der Waals surface area contributed by atoms with E-state index >= 15 is 0 Å². The van der Waals surface area contributed by atoms with E-state index in [1.165, 1.54) is 29.6 Å². The third-order valence-corrected chi connectivity index (χ3v) is 6.49. The van der Waals surface area contributed by atoms with Crippen molar-refractivity contribution in [3.63, 3.8) is 0 Å². The number of alkyl halides is 3. The van der Waals surface area contributed by atoms with Crippen molar-refractivity contribution in [2.75, 3.05) is 5.32 Å². The molecule has 4 rings (SSSR count). The van der Waals surface area contributed by atoms with Crippen molar-refractivity contribution in [3.8, 4) is 23.0 Å². The summed E-state index contributed by atoms with van der Waals surface area (Å²) >= 11 is 0. The highest BCUT2D eigenvalue weighted by Gasteiger charge is 2.40. The van der Waals surface area contributed by atoms with E-state index < -0.39 is 76.0 Å². The van der Waals surface area contributed by atoms with Gasteiger partial charge in [-0.1, -0.05) is 6.07 Å². The van der Waals surface area contributed by atoms with Gasteiger partial charge in [-0.2, -0.15) is 13.2 Å². The Morgan fingerprint density at radius 3 is 2.07 bits per heavy atom. The summed E-state index contributed by atoms with van der Waals surface area (Å²) in [5, 5.41) is 44.8. The molecule has 0 heterocycles. The number of ether oxygens (including phenoxy) is 1. The fourth-order valence-electron chi connectivity index (χ4n) is 4.47. The third-order valence-electron chi connectivity index (χ3n) is 6.49. The summed E-state index contributed by atoms with van der Waals surface area (Å²) in [6, 6.07) is 9.40. The highest BCUT2D eigenvalue weighted by atomic mass is 19.4. The van der Waals surface area contributed by atoms with Crippen molar-refractivity contribution in [2.24, 2.45) is 0 Å². The van der Waals surface area contributed by atoms with Crippen LogP contribution in [0.25, 0.3) is 0 Å². The number of carbonyl (C=O) groups is 4. The Morgan fingerprint density at radius 2 is 1.45 bits per heavy atom. The van der Waals surface area contributed by atoms with Gasteiger partial charge in [-0.15, -0.1) is 0 Å². The molecule has 0 radical (unpaired) electrons. The zero-order valence-electron chi connectivity index (χ0n) is 21.4. The largest absolute Gasteiger partial charge is 0.508 e. The molecule has 14 heteroatoms. The molecule has 0 saturated heterocycles. The summed E-state index contributed by atoms with van der Waals surface area (Å²) in [6.45, 7) is 0. The summed E-state index contributed by atoms with van der Waals surface area (Å²) in [5.74, 6) is -8.08. The number of carbonyl (C=O) groups excluding carboxylic acids is 4. The average Bonchev–Trinajstić information content (AvgIpc) is 3.34. The average molecular weight is 588 g/mol. The first-order valence-electron chi connectivity index (χ1n) is 12.4. The van der Waals surface area contributed by atoms with Crippen LogP contribution in [0.15, 0.2) is 54.6 Å². The lowest BCUT2D eigenvalue weighted by Crippen LogP contribution is -2.41. The standard InChI is InChI=1S/C28H23F3N2O9/c29-28(30,31)27(41)33-17-4-1-5-18(35)22(17)24(38)23-19(36)11-14(12-20(23)37)26(40)42-21-6-2-3-16(21)32-25(39)13-7-9-15(34)10-8-13/h1,4-5,7-12,16,21,34-37H,2-3,6H2,(H,32,39)(H,33,41). The summed E-state index contributed by atoms with van der Waals surface area (Å²) in [4.78, 5) is 49.9. The molecule has 2 amide bonds. The number of amides is 2. The van der Waals surface area contributed by atoms with Crippen LogP contribution >= 0.6 is 0 Å². The van der Waals surface area contributed by atoms with Gasteiger partial charge in [0.1, 0.15) is 34.7 Å². The van der Waals surface area contributed by atoms with E-state index in [0.717, 1.165) is 30.3 Å². The van der Waals surface area contributed by atoms with Crippen molar-refractivity contribution in [1.29, 1.82) is 0 Å². The maximum atomic E-state index is 13.1. The Morgan fingerprint density at radius 1 is 0.810 bits per heavy atom. The predicted molar refractivity (Wildman–Crippen MR) is 138 cm³/mol. The number of anilines is 1. The van der Waals surface area contributed by atoms with Gasteiger partial charge in [-0.05, 0) is 67.8 Å². The van der Waals surface area contributed by atoms with E-state index in [1.54, 1.807) is 0 Å². The number of hydrogen-bond acceptors (Lipinski definition) is 9. The number of aromatic hydroxyl groups is 4. The number of benzene rings is 3. The number of halogens is 3. The van der Waals surface area contributed by atoms with Crippen molar-refractivity contribution in [1.82, 2.24) is 5.32 Å². The normalized spacial score (nSPS) is 16.5. The summed E-state index contributed by atoms with van der Waals surface area (Å²) < 4.78 is 43.7. The summed E-state index contributed by atoms with van der Waals surface area (Å²) in [6.07, 6.45) is -4.61. The Balaban J connectivity index is 1.52. The molecule has 0 aromatic heterocycles. The summed E-state index contributed by atoms with van der Waals surface area (Å²) in [7, 11) is 0. The molecule has 11 nitrogen and oxygen atoms in total. The Bertz CT molecular complexity index is 1530. The molecule has 0 aliphatic heterocycles. The SMILES string of the molecule is O=C(NC1CCCC1OC(=O)c1cc(O)c(C(=O)c2c(O)cccc2NC(=O)C(F)(F)F)c(O)c1)c1ccc(O)cc1. The van der Waals surface area contributed by atoms with E-state index in [9.17, 15) is 52.8 Å². The highest BCUT2D eigenvalue weighted by Crippen LogP contribution is 2.37. The van der Waals surface area contributed by atoms with E-state index in [4.69, 9.17) is 4.74 Å². The van der Waals surface area contributed by atoms with Crippen LogP contribution in [-0.4, -0.2) is 62.3 Å². The minimum Gasteiger partial charge on any atom is -0.508 e. The van der Waals surface area contributed by atoms with Crippen molar-refractivity contribution in [2.45, 2.75) is 37.6 Å². The molecular weight excluding hydrogens is 565 g/mol. The fraction of sp³-hybridized carbons (Fsp3) is 0.214. The van der Waals surface area contributed by atoms with Gasteiger partial charge < -0.3 is 35.8 Å². The van der Waals surface area contributed by atoms with Crippen LogP contribution in [0.5, 0.6) is 23.0 Å². The molecular formula is C28H23F3N2O9. The van der Waals surface area contributed by atoms with Gasteiger partial charge in [-0.25, -0.2) is 4.79 Å². The van der Waals surface area contributed by atoms with Gasteiger partial charge >= 0.3 is 18.1 Å². The number of hydrogen-bond donors (Lipinski definition) is 6. The Labute approximate surface area is 235 Å². The second-order valence-corrected chi connectivity index (χ2v) is 9.37. The topological polar surface area (TPSA) is 182 Å². The number of rotatable bonds is 7. The molecule has 2 unspecified atom stereocenters. The third kappa shape index (κ3) is 6.37. The first-order chi connectivity index (χ1) is 19.8. The quantitative estimate of drug-likeness (QED) is 0.177. The number of ketones is 1. The molecule has 1 aliphatic carbocycles. The maximum absolute atomic E-state index is 13.1. The minimum atomic E-state index is -5.31. The molecule has 1 aliphatic rings. The number of phenolic OH excluding ortho intramolecular Hbond substituents is 4. The van der Waals surface area contributed by atoms with Crippen LogP contribution in [-0.2, 0) is 9.53 Å². The van der Waals surface area contributed by atoms with Crippen LogP contribution in [0.3, 0.4) is 0 Å². The molecule has 1 fully saturated rings. The number of nitrogens with one attached hydrogen (secondary N) is 2. The zero-order chi connectivity index (χ0) is 30.8. The van der Waals surface area contributed by atoms with Gasteiger partial charge in [0.15, 0.2) is 0 Å². The molecule has 3 aromatic carbocycles. The van der Waals surface area contributed by atoms with Gasteiger partial charge in [0, 0.05) is 5.56 Å². The molecule has 2 atom stereocenters. The predicted octanol–water partition coefficient (Wildman–Crippen LogP) is 3.75. The van der Waals surface area contributed by atoms with Crippen molar-refractivity contribution in [3.05, 3.63) is 76.9 Å². The Hall–Kier alpha value is -5.27. The van der Waals surface area contributed by atoms with Crippen molar-refractivity contribution >= 4 is 29.3 Å². The van der Waals surface area contributed by atoms with Crippen molar-refractivity contribution < 1.29 is 57.5 Å². The maximum Gasteiger partial charge on any atom is 0.471 e. The van der Waals surface area contributed by atoms with Gasteiger partial charge in [0.2, 0.25) is 5.78 Å². The van der Waals surface area contributed by atoms with Crippen LogP contribution in [0.2, 0.25) is 0 Å². The van der Waals surface area contributed by atoms with Crippen LogP contribution < -0.4 is 10.6 Å². The second-order valence-electron chi connectivity index (χ2n) is 9.37. The fourth-order valence-corrected chi connectivity index (χ4v) is 4.47. The molecule has 220 valence electrons. The van der Waals surface area contributed by atoms with E-state index in [-0.39, 0.29) is 16.9 Å². The smallest absolute Gasteiger partial charge is 0.471 e. The molecule has 1 saturated carbocycles. The first-order valence-corrected chi connectivity index (χ1v) is 12.4. The summed E-state index contributed by atoms with van der Waals surface area (Å²) in [5.41, 5.74) is -2.58. The van der Waals surface area contributed by atoms with E-state index in [0.29, 0.717) is 19.3 Å². The highest BCUT2D eigenvalue weighted by molar-refractivity contribution is 6.18. The lowest BCUT2D eigenvalue weighted by Gasteiger charge is -2.22. The molecule has 6 N–H and O–H groups in total. The zero-order valence-corrected chi connectivity index (χ0v) is 21.4. The number of phenols is 4. The minimum absolute atomic E-state index is 0.0207. The molecule has 0 spiro atoms. The molecule has 0 bridgehead atoms. The Kier molecular flexibility index (Phi) is 8.26. The number of esters is 1. The van der Waals surface area contributed by atoms with E-state index in [1.807, 2.05) is 0 Å². The van der Waals surface area contributed by atoms with Crippen LogP contribution in [0, 0.1) is 0 Å². The van der Waals surface area contributed by atoms with Crippen LogP contribution in [0.4, 0.5) is 18.9 Å². The van der Waals surface area contributed by atoms with Gasteiger partial charge in [0.25, 0.3) is 5.91 Å². The first kappa shape index (κ1) is 29.7. The molecule has 42 heavy (non-hydrogen) atoms. The van der Waals surface area contributed by atoms with Gasteiger partial charge in [0.05, 0.1) is 22.9 Å². The van der Waals surface area contributed by atoms with Gasteiger partial charge in [-0.3, -0.25) is 14.4 Å². The van der Waals surface area contributed by atoms with E-state index in [2.05, 4.69) is 5.32 Å². The lowest BCUT2D eigenvalue weighted by atomic mass is 9.97. The molecule has 3 aromatic rings.